The Morgan fingerprint density at radius 3 is 2.47 bits per heavy atom. The van der Waals surface area contributed by atoms with Crippen LogP contribution in [0.1, 0.15) is 51.4 Å². The van der Waals surface area contributed by atoms with E-state index < -0.39 is 0 Å². The van der Waals surface area contributed by atoms with Gasteiger partial charge in [0, 0.05) is 68.4 Å². The van der Waals surface area contributed by atoms with Crippen LogP contribution in [0.25, 0.3) is 0 Å². The van der Waals surface area contributed by atoms with Gasteiger partial charge in [-0.15, -0.1) is 0 Å². The number of hydrogen-bond acceptors (Lipinski definition) is 4. The predicted molar refractivity (Wildman–Crippen MR) is 132 cm³/mol. The minimum absolute atomic E-state index is 0.180. The molecule has 4 rings (SSSR count). The lowest BCUT2D eigenvalue weighted by Gasteiger charge is -2.42. The van der Waals surface area contributed by atoms with Crippen molar-refractivity contribution >= 4 is 23.4 Å². The number of rotatable bonds is 9. The van der Waals surface area contributed by atoms with Crippen molar-refractivity contribution in [3.05, 3.63) is 47.7 Å². The number of nitrogens with zero attached hydrogens (tertiary/aromatic N) is 4. The number of benzene rings is 1. The molecule has 0 saturated carbocycles. The molecule has 0 bridgehead atoms. The molecule has 3 heterocycles. The van der Waals surface area contributed by atoms with Crippen molar-refractivity contribution in [1.29, 1.82) is 0 Å². The zero-order valence-electron chi connectivity index (χ0n) is 19.8. The lowest BCUT2D eigenvalue weighted by atomic mass is 9.75. The molecule has 34 heavy (non-hydrogen) atoms. The fraction of sp³-hybridized carbons (Fsp3) is 0.577. The van der Waals surface area contributed by atoms with Crippen molar-refractivity contribution in [3.8, 4) is 5.75 Å². The van der Waals surface area contributed by atoms with Crippen LogP contribution in [0.4, 0.5) is 0 Å². The number of piperidine rings is 2. The van der Waals surface area contributed by atoms with E-state index in [4.69, 9.17) is 16.3 Å². The van der Waals surface area contributed by atoms with Gasteiger partial charge in [0.15, 0.2) is 0 Å². The molecule has 0 unspecified atom stereocenters. The maximum absolute atomic E-state index is 13.2. The van der Waals surface area contributed by atoms with Crippen molar-refractivity contribution in [1.82, 2.24) is 19.6 Å². The van der Waals surface area contributed by atoms with E-state index in [1.807, 2.05) is 44.9 Å². The number of aromatic nitrogens is 2. The largest absolute Gasteiger partial charge is 0.493 e. The Kier molecular flexibility index (Phi) is 8.48. The second-order valence-corrected chi connectivity index (χ2v) is 10.1. The number of halogens is 1. The zero-order chi connectivity index (χ0) is 23.8. The maximum Gasteiger partial charge on any atom is 0.223 e. The second-order valence-electron chi connectivity index (χ2n) is 9.62. The average Bonchev–Trinajstić information content (AvgIpc) is 3.37. The van der Waals surface area contributed by atoms with Gasteiger partial charge in [-0.2, -0.15) is 5.10 Å². The van der Waals surface area contributed by atoms with Crippen molar-refractivity contribution < 1.29 is 14.3 Å². The number of carbonyl (C=O) groups is 2. The number of hydrogen-bond donors (Lipinski definition) is 0. The molecule has 2 fully saturated rings. The SMILES string of the molecule is O=C(CCCn1cccn1)N1CCC(COc2cccc(Cl)c2)(CC(=O)N2CCCCC2)CC1. The quantitative estimate of drug-likeness (QED) is 0.526. The van der Waals surface area contributed by atoms with Crippen LogP contribution < -0.4 is 4.74 Å². The van der Waals surface area contributed by atoms with Crippen LogP contribution in [-0.4, -0.2) is 64.2 Å². The van der Waals surface area contributed by atoms with E-state index in [2.05, 4.69) is 5.10 Å². The number of aryl methyl sites for hydroxylation is 1. The maximum atomic E-state index is 13.2. The molecule has 1 aromatic heterocycles. The first kappa shape index (κ1) is 24.6. The molecule has 2 aliphatic rings. The van der Waals surface area contributed by atoms with Crippen molar-refractivity contribution in [2.75, 3.05) is 32.8 Å². The van der Waals surface area contributed by atoms with Gasteiger partial charge in [0.2, 0.25) is 11.8 Å². The summed E-state index contributed by atoms with van der Waals surface area (Å²) in [5, 5.41) is 4.83. The minimum atomic E-state index is -0.275. The predicted octanol–water partition coefficient (Wildman–Crippen LogP) is 4.41. The molecule has 2 saturated heterocycles. The summed E-state index contributed by atoms with van der Waals surface area (Å²) < 4.78 is 8.01. The number of likely N-dealkylation sites (tertiary alicyclic amines) is 2. The van der Waals surface area contributed by atoms with Crippen LogP contribution in [0, 0.1) is 5.41 Å². The third kappa shape index (κ3) is 6.75. The summed E-state index contributed by atoms with van der Waals surface area (Å²) in [6.07, 6.45) is 10.3. The van der Waals surface area contributed by atoms with Crippen LogP contribution in [0.3, 0.4) is 0 Å². The molecule has 0 spiro atoms. The Labute approximate surface area is 207 Å². The first-order valence-corrected chi connectivity index (χ1v) is 12.8. The molecule has 0 N–H and O–H groups in total. The molecule has 0 radical (unpaired) electrons. The zero-order valence-corrected chi connectivity index (χ0v) is 20.6. The van der Waals surface area contributed by atoms with E-state index in [-0.39, 0.29) is 17.2 Å². The molecule has 2 aromatic rings. The second kappa shape index (κ2) is 11.7. The average molecular weight is 487 g/mol. The van der Waals surface area contributed by atoms with Gasteiger partial charge in [-0.25, -0.2) is 0 Å². The standard InChI is InChI=1S/C26H35ClN4O3/c27-22-7-4-8-23(19-22)34-21-26(20-25(33)29-13-2-1-3-14-29)10-17-30(18-11-26)24(32)9-5-15-31-16-6-12-28-31/h4,6-8,12,16,19H,1-3,5,9-11,13-15,17-18,20-21H2. The van der Waals surface area contributed by atoms with Crippen LogP contribution >= 0.6 is 11.6 Å². The third-order valence-electron chi connectivity index (χ3n) is 7.09. The van der Waals surface area contributed by atoms with E-state index in [1.54, 1.807) is 12.3 Å². The highest BCUT2D eigenvalue weighted by Gasteiger charge is 2.39. The first-order chi connectivity index (χ1) is 16.5. The van der Waals surface area contributed by atoms with Crippen molar-refractivity contribution in [2.24, 2.45) is 5.41 Å². The Bertz CT molecular complexity index is 935. The number of ether oxygens (including phenoxy) is 1. The Morgan fingerprint density at radius 2 is 1.76 bits per heavy atom. The number of carbonyl (C=O) groups excluding carboxylic acids is 2. The van der Waals surface area contributed by atoms with E-state index in [0.717, 1.165) is 57.5 Å². The van der Waals surface area contributed by atoms with Crippen LogP contribution in [0.15, 0.2) is 42.7 Å². The molecular formula is C26H35ClN4O3. The van der Waals surface area contributed by atoms with E-state index in [1.165, 1.54) is 6.42 Å². The molecule has 8 heteroatoms. The third-order valence-corrected chi connectivity index (χ3v) is 7.33. The Hall–Kier alpha value is -2.54. The summed E-state index contributed by atoms with van der Waals surface area (Å²) >= 11 is 6.12. The molecule has 0 aliphatic carbocycles. The first-order valence-electron chi connectivity index (χ1n) is 12.4. The molecule has 0 atom stereocenters. The van der Waals surface area contributed by atoms with Gasteiger partial charge in [-0.05, 0) is 62.8 Å². The number of amides is 2. The van der Waals surface area contributed by atoms with Gasteiger partial charge in [-0.1, -0.05) is 17.7 Å². The fourth-order valence-electron chi connectivity index (χ4n) is 4.95. The normalized spacial score (nSPS) is 18.0. The molecule has 1 aromatic carbocycles. The van der Waals surface area contributed by atoms with Crippen LogP contribution in [-0.2, 0) is 16.1 Å². The van der Waals surface area contributed by atoms with Gasteiger partial charge in [-0.3, -0.25) is 14.3 Å². The Balaban J connectivity index is 1.35. The lowest BCUT2D eigenvalue weighted by Crippen LogP contribution is -2.48. The van der Waals surface area contributed by atoms with Gasteiger partial charge in [0.1, 0.15) is 5.75 Å². The minimum Gasteiger partial charge on any atom is -0.493 e. The molecule has 7 nitrogen and oxygen atoms in total. The monoisotopic (exact) mass is 486 g/mol. The van der Waals surface area contributed by atoms with E-state index in [9.17, 15) is 9.59 Å². The van der Waals surface area contributed by atoms with E-state index in [0.29, 0.717) is 37.6 Å². The van der Waals surface area contributed by atoms with E-state index >= 15 is 0 Å². The molecule has 2 amide bonds. The summed E-state index contributed by atoms with van der Waals surface area (Å²) in [7, 11) is 0. The summed E-state index contributed by atoms with van der Waals surface area (Å²) in [5.41, 5.74) is -0.275. The van der Waals surface area contributed by atoms with Crippen LogP contribution in [0.2, 0.25) is 5.02 Å². The summed E-state index contributed by atoms with van der Waals surface area (Å²) in [5.74, 6) is 1.11. The molecule has 2 aliphatic heterocycles. The van der Waals surface area contributed by atoms with Crippen LogP contribution in [0.5, 0.6) is 5.75 Å². The van der Waals surface area contributed by atoms with Gasteiger partial charge in [0.05, 0.1) is 6.61 Å². The van der Waals surface area contributed by atoms with Crippen molar-refractivity contribution in [3.63, 3.8) is 0 Å². The Morgan fingerprint density at radius 1 is 1.00 bits per heavy atom. The summed E-state index contributed by atoms with van der Waals surface area (Å²) in [4.78, 5) is 29.9. The van der Waals surface area contributed by atoms with Gasteiger partial charge in [0.25, 0.3) is 0 Å². The highest BCUT2D eigenvalue weighted by Crippen LogP contribution is 2.37. The summed E-state index contributed by atoms with van der Waals surface area (Å²) in [6, 6.07) is 9.28. The summed E-state index contributed by atoms with van der Waals surface area (Å²) in [6.45, 7) is 4.22. The fourth-order valence-corrected chi connectivity index (χ4v) is 5.14. The topological polar surface area (TPSA) is 67.7 Å². The van der Waals surface area contributed by atoms with Gasteiger partial charge >= 0.3 is 0 Å². The smallest absolute Gasteiger partial charge is 0.223 e. The molecular weight excluding hydrogens is 452 g/mol. The van der Waals surface area contributed by atoms with Gasteiger partial charge < -0.3 is 14.5 Å². The lowest BCUT2D eigenvalue weighted by molar-refractivity contribution is -0.138. The molecule has 184 valence electrons. The highest BCUT2D eigenvalue weighted by atomic mass is 35.5. The van der Waals surface area contributed by atoms with Crippen molar-refractivity contribution in [2.45, 2.75) is 57.9 Å². The highest BCUT2D eigenvalue weighted by molar-refractivity contribution is 6.30.